The summed E-state index contributed by atoms with van der Waals surface area (Å²) in [5.41, 5.74) is 1.17. The Balaban J connectivity index is 2.35. The molecule has 0 spiro atoms. The number of thiazole rings is 1. The van der Waals surface area contributed by atoms with Crippen molar-refractivity contribution >= 4 is 11.3 Å². The molecular weight excluding hydrogens is 285 g/mol. The molecule has 2 nitrogen and oxygen atoms in total. The van der Waals surface area contributed by atoms with E-state index in [4.69, 9.17) is 0 Å². The average Bonchev–Trinajstić information content (AvgIpc) is 2.84. The fourth-order valence-electron chi connectivity index (χ4n) is 1.84. The zero-order valence-corrected chi connectivity index (χ0v) is 11.8. The minimum Gasteiger partial charge on any atom is -0.317 e. The van der Waals surface area contributed by atoms with E-state index in [1.54, 1.807) is 24.3 Å². The fraction of sp³-hybridized carbons (Fsp3) is 0.357. The number of hydrogen-bond acceptors (Lipinski definition) is 3. The Labute approximate surface area is 119 Å². The van der Waals surface area contributed by atoms with Gasteiger partial charge in [0.2, 0.25) is 0 Å². The largest absolute Gasteiger partial charge is 0.443 e. The molecule has 0 amide bonds. The molecule has 0 aliphatic carbocycles. The number of benzene rings is 1. The Kier molecular flexibility index (Phi) is 4.77. The second-order valence-electron chi connectivity index (χ2n) is 4.26. The number of aromatic nitrogens is 1. The molecule has 0 atom stereocenters. The van der Waals surface area contributed by atoms with Gasteiger partial charge < -0.3 is 5.32 Å². The van der Waals surface area contributed by atoms with Gasteiger partial charge in [-0.15, -0.1) is 11.3 Å². The summed E-state index contributed by atoms with van der Waals surface area (Å²) in [6.07, 6.45) is -3.84. The summed E-state index contributed by atoms with van der Waals surface area (Å²) in [7, 11) is 0. The highest BCUT2D eigenvalue weighted by Crippen LogP contribution is 2.37. The van der Waals surface area contributed by atoms with Crippen molar-refractivity contribution < 1.29 is 13.2 Å². The Morgan fingerprint density at radius 2 is 1.90 bits per heavy atom. The van der Waals surface area contributed by atoms with Crippen LogP contribution in [0.3, 0.4) is 0 Å². The van der Waals surface area contributed by atoms with Crippen LogP contribution in [0.2, 0.25) is 0 Å². The van der Waals surface area contributed by atoms with Crippen LogP contribution >= 0.6 is 11.3 Å². The molecule has 108 valence electrons. The van der Waals surface area contributed by atoms with Crippen LogP contribution in [0.1, 0.15) is 16.8 Å². The van der Waals surface area contributed by atoms with Crippen LogP contribution in [-0.2, 0) is 12.6 Å². The van der Waals surface area contributed by atoms with Gasteiger partial charge in [-0.1, -0.05) is 37.3 Å². The molecule has 2 rings (SSSR count). The molecule has 1 N–H and O–H groups in total. The lowest BCUT2D eigenvalue weighted by atomic mass is 10.1. The SMILES string of the molecule is CCNCCc1sc(C(F)(F)F)nc1-c1ccccc1. The van der Waals surface area contributed by atoms with Crippen LogP contribution in [-0.4, -0.2) is 18.1 Å². The molecule has 0 aliphatic rings. The smallest absolute Gasteiger partial charge is 0.317 e. The highest BCUT2D eigenvalue weighted by atomic mass is 32.1. The van der Waals surface area contributed by atoms with Crippen molar-refractivity contribution in [3.05, 3.63) is 40.2 Å². The first-order valence-corrected chi connectivity index (χ1v) is 7.17. The van der Waals surface area contributed by atoms with Gasteiger partial charge in [-0.05, 0) is 13.0 Å². The van der Waals surface area contributed by atoms with Gasteiger partial charge >= 0.3 is 6.18 Å². The summed E-state index contributed by atoms with van der Waals surface area (Å²) in [6, 6.07) is 9.00. The predicted molar refractivity (Wildman–Crippen MR) is 74.8 cm³/mol. The molecule has 0 saturated heterocycles. The Bertz CT molecular complexity index is 549. The van der Waals surface area contributed by atoms with E-state index in [-0.39, 0.29) is 0 Å². The molecule has 6 heteroatoms. The van der Waals surface area contributed by atoms with Crippen molar-refractivity contribution in [3.63, 3.8) is 0 Å². The summed E-state index contributed by atoms with van der Waals surface area (Å²) in [5.74, 6) is 0. The van der Waals surface area contributed by atoms with Gasteiger partial charge in [-0.25, -0.2) is 4.98 Å². The third-order valence-electron chi connectivity index (χ3n) is 2.77. The normalized spacial score (nSPS) is 11.8. The number of halogens is 3. The van der Waals surface area contributed by atoms with Crippen molar-refractivity contribution in [3.8, 4) is 11.3 Å². The predicted octanol–water partition coefficient (Wildman–Crippen LogP) is 3.98. The van der Waals surface area contributed by atoms with E-state index < -0.39 is 11.2 Å². The highest BCUT2D eigenvalue weighted by Gasteiger charge is 2.36. The van der Waals surface area contributed by atoms with Crippen LogP contribution in [0.5, 0.6) is 0 Å². The van der Waals surface area contributed by atoms with Gasteiger partial charge in [0.05, 0.1) is 5.69 Å². The lowest BCUT2D eigenvalue weighted by molar-refractivity contribution is -0.137. The van der Waals surface area contributed by atoms with Crippen molar-refractivity contribution in [2.24, 2.45) is 0 Å². The summed E-state index contributed by atoms with van der Waals surface area (Å²) in [4.78, 5) is 4.47. The molecule has 1 aromatic heterocycles. The third kappa shape index (κ3) is 3.58. The molecule has 2 aromatic rings. The maximum atomic E-state index is 12.8. The average molecular weight is 300 g/mol. The van der Waals surface area contributed by atoms with E-state index in [0.29, 0.717) is 23.5 Å². The third-order valence-corrected chi connectivity index (χ3v) is 3.93. The number of hydrogen-bond donors (Lipinski definition) is 1. The standard InChI is InChI=1S/C14H15F3N2S/c1-2-18-9-8-11-12(10-6-4-3-5-7-10)19-13(20-11)14(15,16)17/h3-7,18H,2,8-9H2,1H3. The van der Waals surface area contributed by atoms with Crippen LogP contribution in [0.25, 0.3) is 11.3 Å². The summed E-state index contributed by atoms with van der Waals surface area (Å²) >= 11 is 0.736. The van der Waals surface area contributed by atoms with E-state index in [9.17, 15) is 13.2 Å². The van der Waals surface area contributed by atoms with Gasteiger partial charge in [0.15, 0.2) is 5.01 Å². The molecule has 0 fully saturated rings. The second-order valence-corrected chi connectivity index (χ2v) is 5.34. The van der Waals surface area contributed by atoms with E-state index in [0.717, 1.165) is 23.4 Å². The first kappa shape index (κ1) is 15.0. The van der Waals surface area contributed by atoms with Crippen molar-refractivity contribution in [1.82, 2.24) is 10.3 Å². The maximum Gasteiger partial charge on any atom is 0.443 e. The number of rotatable bonds is 5. The summed E-state index contributed by atoms with van der Waals surface area (Å²) in [5, 5.41) is 2.35. The first-order chi connectivity index (χ1) is 9.52. The maximum absolute atomic E-state index is 12.8. The van der Waals surface area contributed by atoms with E-state index >= 15 is 0 Å². The van der Waals surface area contributed by atoms with Crippen LogP contribution in [0, 0.1) is 0 Å². The Morgan fingerprint density at radius 1 is 1.20 bits per heavy atom. The van der Waals surface area contributed by atoms with Gasteiger partial charge in [0.1, 0.15) is 0 Å². The Morgan fingerprint density at radius 3 is 2.50 bits per heavy atom. The van der Waals surface area contributed by atoms with Crippen LogP contribution < -0.4 is 5.32 Å². The van der Waals surface area contributed by atoms with Gasteiger partial charge in [-0.2, -0.15) is 13.2 Å². The van der Waals surface area contributed by atoms with E-state index in [2.05, 4.69) is 10.3 Å². The monoisotopic (exact) mass is 300 g/mol. The van der Waals surface area contributed by atoms with Crippen molar-refractivity contribution in [2.75, 3.05) is 13.1 Å². The molecular formula is C14H15F3N2S. The lowest BCUT2D eigenvalue weighted by Gasteiger charge is -2.03. The molecule has 0 aliphatic heterocycles. The summed E-state index contributed by atoms with van der Waals surface area (Å²) in [6.45, 7) is 3.41. The van der Waals surface area contributed by atoms with Crippen molar-refractivity contribution in [2.45, 2.75) is 19.5 Å². The molecule has 1 heterocycles. The fourth-order valence-corrected chi connectivity index (χ4v) is 2.79. The van der Waals surface area contributed by atoms with Gasteiger partial charge in [0, 0.05) is 17.0 Å². The molecule has 0 saturated carbocycles. The lowest BCUT2D eigenvalue weighted by Crippen LogP contribution is -2.15. The highest BCUT2D eigenvalue weighted by molar-refractivity contribution is 7.12. The molecule has 20 heavy (non-hydrogen) atoms. The quantitative estimate of drug-likeness (QED) is 0.845. The minimum absolute atomic E-state index is 0.445. The molecule has 0 unspecified atom stereocenters. The molecule has 0 radical (unpaired) electrons. The minimum atomic E-state index is -4.38. The van der Waals surface area contributed by atoms with E-state index in [1.165, 1.54) is 0 Å². The van der Waals surface area contributed by atoms with Crippen LogP contribution in [0.15, 0.2) is 30.3 Å². The van der Waals surface area contributed by atoms with Crippen molar-refractivity contribution in [1.29, 1.82) is 0 Å². The zero-order chi connectivity index (χ0) is 14.6. The number of nitrogens with zero attached hydrogens (tertiary/aromatic N) is 1. The van der Waals surface area contributed by atoms with Gasteiger partial charge in [0.25, 0.3) is 0 Å². The molecule has 1 aromatic carbocycles. The number of nitrogens with one attached hydrogen (secondary N) is 1. The number of likely N-dealkylation sites (N-methyl/N-ethyl adjacent to an activating group) is 1. The number of alkyl halides is 3. The van der Waals surface area contributed by atoms with Gasteiger partial charge in [-0.3, -0.25) is 0 Å². The van der Waals surface area contributed by atoms with E-state index in [1.807, 2.05) is 13.0 Å². The topological polar surface area (TPSA) is 24.9 Å². The van der Waals surface area contributed by atoms with Crippen LogP contribution in [0.4, 0.5) is 13.2 Å². The molecule has 0 bridgehead atoms. The second kappa shape index (κ2) is 6.37. The Hall–Kier alpha value is -1.40. The first-order valence-electron chi connectivity index (χ1n) is 6.35. The summed E-state index contributed by atoms with van der Waals surface area (Å²) < 4.78 is 38.5. The zero-order valence-electron chi connectivity index (χ0n) is 11.0.